The number of hydrogen-bond donors (Lipinski definition) is 9. The lowest BCUT2D eigenvalue weighted by Crippen LogP contribution is -2.65. The summed E-state index contributed by atoms with van der Waals surface area (Å²) in [5, 5.41) is 86.1. The van der Waals surface area contributed by atoms with Crippen LogP contribution >= 0.6 is 0 Å². The minimum absolute atomic E-state index is 0.244. The van der Waals surface area contributed by atoms with E-state index in [1.54, 1.807) is 6.08 Å². The molecule has 0 aromatic rings. The van der Waals surface area contributed by atoms with E-state index in [0.717, 1.165) is 38.5 Å². The number of carbonyl (C=O) groups is 1. The summed E-state index contributed by atoms with van der Waals surface area (Å²) in [5.74, 6) is -0.244. The van der Waals surface area contributed by atoms with Gasteiger partial charge in [-0.25, -0.2) is 0 Å². The lowest BCUT2D eigenvalue weighted by molar-refractivity contribution is -0.359. The third-order valence-corrected chi connectivity index (χ3v) is 13.7. The molecule has 0 bridgehead atoms. The van der Waals surface area contributed by atoms with Gasteiger partial charge in [0.25, 0.3) is 0 Å². The predicted octanol–water partition coefficient (Wildman–Crippen LogP) is 7.94. The van der Waals surface area contributed by atoms with Crippen molar-refractivity contribution < 1.29 is 64.6 Å². The first-order valence-electron chi connectivity index (χ1n) is 27.4. The number of ether oxygens (including phenoxy) is 4. The van der Waals surface area contributed by atoms with Crippen molar-refractivity contribution in [1.29, 1.82) is 0 Å². The maximum atomic E-state index is 13.0. The van der Waals surface area contributed by atoms with Crippen LogP contribution in [-0.2, 0) is 23.7 Å². The summed E-state index contributed by atoms with van der Waals surface area (Å²) < 4.78 is 22.5. The predicted molar refractivity (Wildman–Crippen MR) is 263 cm³/mol. The molecule has 2 fully saturated rings. The number of hydrogen-bond acceptors (Lipinski definition) is 13. The van der Waals surface area contributed by atoms with Gasteiger partial charge >= 0.3 is 0 Å². The summed E-state index contributed by atoms with van der Waals surface area (Å²) in [6.45, 7) is 2.64. The van der Waals surface area contributed by atoms with Crippen LogP contribution in [0.2, 0.25) is 0 Å². The lowest BCUT2D eigenvalue weighted by atomic mass is 9.97. The third-order valence-electron chi connectivity index (χ3n) is 13.7. The van der Waals surface area contributed by atoms with Gasteiger partial charge in [-0.2, -0.15) is 0 Å². The molecule has 0 spiro atoms. The zero-order chi connectivity index (χ0) is 48.9. The van der Waals surface area contributed by atoms with E-state index in [-0.39, 0.29) is 18.9 Å². The van der Waals surface area contributed by atoms with Crippen molar-refractivity contribution in [3.8, 4) is 0 Å². The Labute approximate surface area is 406 Å². The van der Waals surface area contributed by atoms with E-state index in [1.807, 2.05) is 6.08 Å². The molecule has 2 heterocycles. The van der Waals surface area contributed by atoms with Gasteiger partial charge in [0.2, 0.25) is 5.91 Å². The summed E-state index contributed by atoms with van der Waals surface area (Å²) in [6.07, 6.45) is 28.0. The van der Waals surface area contributed by atoms with Crippen LogP contribution in [0.5, 0.6) is 0 Å². The first kappa shape index (κ1) is 61.8. The largest absolute Gasteiger partial charge is 0.394 e. The molecular formula is C53H101NO13. The lowest BCUT2D eigenvalue weighted by Gasteiger charge is -2.46. The monoisotopic (exact) mass is 960 g/mol. The molecule has 396 valence electrons. The smallest absolute Gasteiger partial charge is 0.220 e. The summed E-state index contributed by atoms with van der Waals surface area (Å²) in [4.78, 5) is 13.0. The average Bonchev–Trinajstić information content (AvgIpc) is 3.33. The Morgan fingerprint density at radius 3 is 1.36 bits per heavy atom. The van der Waals surface area contributed by atoms with Gasteiger partial charge in [0, 0.05) is 6.42 Å². The van der Waals surface area contributed by atoms with Crippen LogP contribution in [0.15, 0.2) is 12.2 Å². The molecule has 0 aromatic heterocycles. The van der Waals surface area contributed by atoms with Crippen LogP contribution in [0.4, 0.5) is 0 Å². The van der Waals surface area contributed by atoms with E-state index in [4.69, 9.17) is 18.9 Å². The quantitative estimate of drug-likeness (QED) is 0.0209. The number of allylic oxidation sites excluding steroid dienone is 1. The van der Waals surface area contributed by atoms with Crippen LogP contribution in [0.1, 0.15) is 226 Å². The van der Waals surface area contributed by atoms with Gasteiger partial charge in [-0.3, -0.25) is 4.79 Å². The van der Waals surface area contributed by atoms with Crippen molar-refractivity contribution in [3.63, 3.8) is 0 Å². The maximum Gasteiger partial charge on any atom is 0.220 e. The van der Waals surface area contributed by atoms with Gasteiger partial charge in [0.15, 0.2) is 12.6 Å². The fourth-order valence-electron chi connectivity index (χ4n) is 9.22. The number of rotatable bonds is 43. The molecule has 0 radical (unpaired) electrons. The third kappa shape index (κ3) is 27.2. The Hall–Kier alpha value is -1.27. The second-order valence-corrected chi connectivity index (χ2v) is 19.7. The molecule has 12 atom stereocenters. The van der Waals surface area contributed by atoms with Crippen LogP contribution in [-0.4, -0.2) is 140 Å². The molecule has 1 amide bonds. The van der Waals surface area contributed by atoms with Crippen LogP contribution in [0.25, 0.3) is 0 Å². The van der Waals surface area contributed by atoms with Crippen molar-refractivity contribution in [2.45, 2.75) is 299 Å². The normalized spacial score (nSPS) is 26.6. The van der Waals surface area contributed by atoms with Crippen LogP contribution < -0.4 is 5.32 Å². The number of nitrogens with one attached hydrogen (secondary N) is 1. The standard InChI is InChI=1S/C53H101NO13/c1-3-5-7-9-10-11-12-13-14-15-16-17-18-19-20-21-22-23-24-25-26-27-28-29-30-31-32-33-35-37-45(58)54-41(42(57)36-34-8-6-4-2)40-64-52-50(63)48(61)51(44(39-56)66-52)67-53-49(62)47(60)46(59)43(38-55)65-53/h34,36,41-44,46-53,55-57,59-63H,3-33,35,37-40H2,1-2H3,(H,54,58)/b36-34+. The van der Waals surface area contributed by atoms with Crippen molar-refractivity contribution in [3.05, 3.63) is 12.2 Å². The van der Waals surface area contributed by atoms with Gasteiger partial charge in [0.1, 0.15) is 48.8 Å². The number of aliphatic hydroxyl groups is 8. The molecule has 9 N–H and O–H groups in total. The zero-order valence-corrected chi connectivity index (χ0v) is 42.2. The molecule has 2 rings (SSSR count). The number of aliphatic hydroxyl groups excluding tert-OH is 8. The van der Waals surface area contributed by atoms with Crippen molar-refractivity contribution in [2.75, 3.05) is 19.8 Å². The highest BCUT2D eigenvalue weighted by atomic mass is 16.7. The minimum atomic E-state index is -1.78. The summed E-state index contributed by atoms with van der Waals surface area (Å²) in [7, 11) is 0. The highest BCUT2D eigenvalue weighted by Crippen LogP contribution is 2.30. The molecule has 67 heavy (non-hydrogen) atoms. The summed E-state index contributed by atoms with van der Waals surface area (Å²) in [6, 6.07) is -0.905. The second kappa shape index (κ2) is 40.3. The molecule has 2 aliphatic rings. The fourth-order valence-corrected chi connectivity index (χ4v) is 9.22. The van der Waals surface area contributed by atoms with Gasteiger partial charge in [0.05, 0.1) is 32.0 Å². The van der Waals surface area contributed by atoms with Crippen molar-refractivity contribution >= 4 is 5.91 Å². The van der Waals surface area contributed by atoms with E-state index in [0.29, 0.717) is 6.42 Å². The highest BCUT2D eigenvalue weighted by molar-refractivity contribution is 5.76. The van der Waals surface area contributed by atoms with Gasteiger partial charge in [-0.15, -0.1) is 0 Å². The number of amides is 1. The molecule has 2 aliphatic heterocycles. The molecular weight excluding hydrogens is 859 g/mol. The summed E-state index contributed by atoms with van der Waals surface area (Å²) in [5.41, 5.74) is 0. The van der Waals surface area contributed by atoms with Gasteiger partial charge in [-0.1, -0.05) is 219 Å². The van der Waals surface area contributed by atoms with Crippen molar-refractivity contribution in [2.24, 2.45) is 0 Å². The van der Waals surface area contributed by atoms with E-state index in [9.17, 15) is 45.6 Å². The van der Waals surface area contributed by atoms with Gasteiger partial charge < -0.3 is 65.1 Å². The SMILES string of the molecule is CCCC/C=C/C(O)C(COC1OC(CO)C(OC2OC(CO)C(O)C(O)C2O)C(O)C1O)NC(=O)CCCCCCCCCCCCCCCCCCCCCCCCCCCCCCC. The Bertz CT molecular complexity index is 1180. The van der Waals surface area contributed by atoms with E-state index in [1.165, 1.54) is 161 Å². The summed E-state index contributed by atoms with van der Waals surface area (Å²) >= 11 is 0. The van der Waals surface area contributed by atoms with Crippen LogP contribution in [0.3, 0.4) is 0 Å². The first-order valence-corrected chi connectivity index (χ1v) is 27.4. The molecule has 0 aromatic carbocycles. The molecule has 14 heteroatoms. The Kier molecular flexibility index (Phi) is 37.2. The Morgan fingerprint density at radius 2 is 0.925 bits per heavy atom. The minimum Gasteiger partial charge on any atom is -0.394 e. The molecule has 0 aliphatic carbocycles. The zero-order valence-electron chi connectivity index (χ0n) is 42.2. The van der Waals surface area contributed by atoms with Crippen LogP contribution in [0, 0.1) is 0 Å². The van der Waals surface area contributed by atoms with E-state index >= 15 is 0 Å². The van der Waals surface area contributed by atoms with E-state index < -0.39 is 86.8 Å². The number of carbonyl (C=O) groups excluding carboxylic acids is 1. The van der Waals surface area contributed by atoms with Crippen molar-refractivity contribution in [1.82, 2.24) is 5.32 Å². The average molecular weight is 960 g/mol. The molecule has 14 nitrogen and oxygen atoms in total. The Morgan fingerprint density at radius 1 is 0.522 bits per heavy atom. The highest BCUT2D eigenvalue weighted by Gasteiger charge is 2.51. The Balaban J connectivity index is 1.55. The first-order chi connectivity index (χ1) is 32.6. The second-order valence-electron chi connectivity index (χ2n) is 19.7. The van der Waals surface area contributed by atoms with Gasteiger partial charge in [-0.05, 0) is 12.8 Å². The maximum absolute atomic E-state index is 13.0. The number of unbranched alkanes of at least 4 members (excludes halogenated alkanes) is 30. The topological polar surface area (TPSA) is 228 Å². The molecule has 12 unspecified atom stereocenters. The molecule has 0 saturated carbocycles. The molecule has 2 saturated heterocycles. The fraction of sp³-hybridized carbons (Fsp3) is 0.943. The van der Waals surface area contributed by atoms with E-state index in [2.05, 4.69) is 19.2 Å².